The van der Waals surface area contributed by atoms with Crippen molar-refractivity contribution in [3.05, 3.63) is 69.0 Å². The molecule has 0 atom stereocenters. The number of halogens is 3. The second-order valence-electron chi connectivity index (χ2n) is 4.20. The van der Waals surface area contributed by atoms with Crippen LogP contribution in [0.5, 0.6) is 0 Å². The van der Waals surface area contributed by atoms with Gasteiger partial charge in [0.1, 0.15) is 5.82 Å². The minimum Gasteiger partial charge on any atom is -0.398 e. The maximum absolute atomic E-state index is 13.8. The van der Waals surface area contributed by atoms with Gasteiger partial charge in [0.2, 0.25) is 0 Å². The van der Waals surface area contributed by atoms with Crippen LogP contribution in [0, 0.1) is 12.7 Å². The van der Waals surface area contributed by atoms with E-state index in [-0.39, 0.29) is 5.02 Å². The average molecular weight is 296 g/mol. The zero-order valence-corrected chi connectivity index (χ0v) is 11.8. The Bertz CT molecular complexity index is 651. The normalized spacial score (nSPS) is 11.7. The fourth-order valence-electron chi connectivity index (χ4n) is 1.83. The summed E-state index contributed by atoms with van der Waals surface area (Å²) in [5.74, 6) is -0.473. The van der Waals surface area contributed by atoms with Crippen molar-refractivity contribution in [3.8, 4) is 0 Å². The van der Waals surface area contributed by atoms with Crippen molar-refractivity contribution >= 4 is 35.0 Å². The zero-order valence-electron chi connectivity index (χ0n) is 10.3. The number of hydrogen-bond donors (Lipinski definition) is 1. The Morgan fingerprint density at radius 2 is 1.95 bits per heavy atom. The number of aryl methyl sites for hydroxylation is 1. The van der Waals surface area contributed by atoms with Crippen molar-refractivity contribution in [1.82, 2.24) is 0 Å². The van der Waals surface area contributed by atoms with Crippen LogP contribution < -0.4 is 5.73 Å². The van der Waals surface area contributed by atoms with Crippen LogP contribution in [0.2, 0.25) is 10.0 Å². The van der Waals surface area contributed by atoms with E-state index in [9.17, 15) is 4.39 Å². The monoisotopic (exact) mass is 295 g/mol. The third-order valence-corrected chi connectivity index (χ3v) is 3.32. The number of nitrogens with two attached hydrogens (primary N) is 1. The standard InChI is InChI=1S/C15H12Cl2FN/c1-9-7-11(16)5-6-12(9)14(19)8-10-3-2-4-13(17)15(10)18/h2-8H,19H2,1H3/b14-8-. The highest BCUT2D eigenvalue weighted by molar-refractivity contribution is 6.31. The van der Waals surface area contributed by atoms with E-state index in [0.29, 0.717) is 16.3 Å². The minimum atomic E-state index is -0.473. The van der Waals surface area contributed by atoms with Gasteiger partial charge in [0.05, 0.1) is 5.02 Å². The molecule has 2 N–H and O–H groups in total. The quantitative estimate of drug-likeness (QED) is 0.784. The minimum absolute atomic E-state index is 0.0781. The molecule has 2 aromatic carbocycles. The highest BCUT2D eigenvalue weighted by Gasteiger charge is 2.07. The molecule has 0 fully saturated rings. The van der Waals surface area contributed by atoms with Crippen LogP contribution in [0.1, 0.15) is 16.7 Å². The lowest BCUT2D eigenvalue weighted by atomic mass is 10.0. The van der Waals surface area contributed by atoms with E-state index in [1.54, 1.807) is 24.3 Å². The van der Waals surface area contributed by atoms with Gasteiger partial charge in [0.15, 0.2) is 0 Å². The molecule has 0 saturated heterocycles. The SMILES string of the molecule is Cc1cc(Cl)ccc1/C(N)=C/c1cccc(Cl)c1F. The van der Waals surface area contributed by atoms with Crippen LogP contribution in [0.15, 0.2) is 36.4 Å². The van der Waals surface area contributed by atoms with E-state index in [1.165, 1.54) is 6.07 Å². The third kappa shape index (κ3) is 3.09. The molecule has 0 aromatic heterocycles. The van der Waals surface area contributed by atoms with Crippen LogP contribution in [0.3, 0.4) is 0 Å². The Labute approximate surface area is 121 Å². The van der Waals surface area contributed by atoms with Gasteiger partial charge in [-0.15, -0.1) is 0 Å². The Morgan fingerprint density at radius 3 is 2.63 bits per heavy atom. The van der Waals surface area contributed by atoms with Gasteiger partial charge in [-0.05, 0) is 36.8 Å². The summed E-state index contributed by atoms with van der Waals surface area (Å²) in [7, 11) is 0. The van der Waals surface area contributed by atoms with Crippen molar-refractivity contribution < 1.29 is 4.39 Å². The van der Waals surface area contributed by atoms with Crippen LogP contribution in [0.4, 0.5) is 4.39 Å². The lowest BCUT2D eigenvalue weighted by Crippen LogP contribution is -1.99. The Balaban J connectivity index is 2.45. The van der Waals surface area contributed by atoms with Gasteiger partial charge in [-0.1, -0.05) is 41.4 Å². The molecule has 0 heterocycles. The molecule has 0 unspecified atom stereocenters. The molecule has 2 rings (SSSR count). The van der Waals surface area contributed by atoms with E-state index in [2.05, 4.69) is 0 Å². The number of hydrogen-bond acceptors (Lipinski definition) is 1. The van der Waals surface area contributed by atoms with Gasteiger partial charge >= 0.3 is 0 Å². The molecular weight excluding hydrogens is 284 g/mol. The predicted octanol–water partition coefficient (Wildman–Crippen LogP) is 4.90. The first-order valence-corrected chi connectivity index (χ1v) is 6.42. The maximum Gasteiger partial charge on any atom is 0.149 e. The van der Waals surface area contributed by atoms with Crippen molar-refractivity contribution in [2.24, 2.45) is 5.73 Å². The van der Waals surface area contributed by atoms with Crippen molar-refractivity contribution in [1.29, 1.82) is 0 Å². The lowest BCUT2D eigenvalue weighted by Gasteiger charge is -2.07. The average Bonchev–Trinajstić information content (AvgIpc) is 2.34. The topological polar surface area (TPSA) is 26.0 Å². The summed E-state index contributed by atoms with van der Waals surface area (Å²) < 4.78 is 13.8. The van der Waals surface area contributed by atoms with Crippen molar-refractivity contribution in [3.63, 3.8) is 0 Å². The van der Waals surface area contributed by atoms with Gasteiger partial charge in [-0.3, -0.25) is 0 Å². The molecular formula is C15H12Cl2FN. The van der Waals surface area contributed by atoms with Gasteiger partial charge in [0.25, 0.3) is 0 Å². The van der Waals surface area contributed by atoms with Crippen molar-refractivity contribution in [2.75, 3.05) is 0 Å². The lowest BCUT2D eigenvalue weighted by molar-refractivity contribution is 0.625. The fraction of sp³-hybridized carbons (Fsp3) is 0.0667. The summed E-state index contributed by atoms with van der Waals surface area (Å²) in [4.78, 5) is 0. The largest absolute Gasteiger partial charge is 0.398 e. The first-order valence-electron chi connectivity index (χ1n) is 5.67. The van der Waals surface area contributed by atoms with Crippen LogP contribution in [-0.2, 0) is 0 Å². The van der Waals surface area contributed by atoms with E-state index >= 15 is 0 Å². The van der Waals surface area contributed by atoms with E-state index < -0.39 is 5.82 Å². The summed E-state index contributed by atoms with van der Waals surface area (Å²) in [6.45, 7) is 1.90. The number of benzene rings is 2. The molecule has 98 valence electrons. The van der Waals surface area contributed by atoms with Crippen LogP contribution >= 0.6 is 23.2 Å². The van der Waals surface area contributed by atoms with Gasteiger partial charge in [0, 0.05) is 21.8 Å². The molecule has 2 aromatic rings. The zero-order chi connectivity index (χ0) is 14.0. The highest BCUT2D eigenvalue weighted by atomic mass is 35.5. The Hall–Kier alpha value is -1.51. The highest BCUT2D eigenvalue weighted by Crippen LogP contribution is 2.24. The molecule has 4 heteroatoms. The molecule has 0 spiro atoms. The molecule has 19 heavy (non-hydrogen) atoms. The van der Waals surface area contributed by atoms with Gasteiger partial charge in [-0.2, -0.15) is 0 Å². The van der Waals surface area contributed by atoms with Crippen molar-refractivity contribution in [2.45, 2.75) is 6.92 Å². The van der Waals surface area contributed by atoms with E-state index in [1.807, 2.05) is 19.1 Å². The summed E-state index contributed by atoms with van der Waals surface area (Å²) >= 11 is 11.6. The first-order chi connectivity index (χ1) is 8.99. The molecule has 0 amide bonds. The summed E-state index contributed by atoms with van der Waals surface area (Å²) in [6.07, 6.45) is 1.57. The van der Waals surface area contributed by atoms with Crippen LogP contribution in [-0.4, -0.2) is 0 Å². The molecule has 0 aliphatic carbocycles. The molecule has 0 saturated carbocycles. The van der Waals surface area contributed by atoms with E-state index in [0.717, 1.165) is 11.1 Å². The second-order valence-corrected chi connectivity index (χ2v) is 5.05. The summed E-state index contributed by atoms with van der Waals surface area (Å²) in [5, 5.41) is 0.720. The summed E-state index contributed by atoms with van der Waals surface area (Å²) in [5.41, 5.74) is 8.59. The molecule has 0 bridgehead atoms. The first kappa shape index (κ1) is 13.9. The second kappa shape index (κ2) is 5.64. The summed E-state index contributed by atoms with van der Waals surface area (Å²) in [6, 6.07) is 10.2. The third-order valence-electron chi connectivity index (χ3n) is 2.79. The molecule has 0 aliphatic heterocycles. The molecule has 0 radical (unpaired) electrons. The van der Waals surface area contributed by atoms with Crippen LogP contribution in [0.25, 0.3) is 11.8 Å². The Kier molecular flexibility index (Phi) is 4.13. The number of rotatable bonds is 2. The fourth-order valence-corrected chi connectivity index (χ4v) is 2.24. The Morgan fingerprint density at radius 1 is 1.21 bits per heavy atom. The predicted molar refractivity (Wildman–Crippen MR) is 79.7 cm³/mol. The molecule has 0 aliphatic rings. The maximum atomic E-state index is 13.8. The van der Waals surface area contributed by atoms with Gasteiger partial charge < -0.3 is 5.73 Å². The van der Waals surface area contributed by atoms with E-state index in [4.69, 9.17) is 28.9 Å². The smallest absolute Gasteiger partial charge is 0.149 e. The molecule has 1 nitrogen and oxygen atoms in total. The van der Waals surface area contributed by atoms with Gasteiger partial charge in [-0.25, -0.2) is 4.39 Å².